The lowest BCUT2D eigenvalue weighted by Gasteiger charge is -2.34. The number of hydrogen-bond donors (Lipinski definition) is 1. The predicted molar refractivity (Wildman–Crippen MR) is 85.8 cm³/mol. The highest BCUT2D eigenvalue weighted by molar-refractivity contribution is 5.69. The lowest BCUT2D eigenvalue weighted by atomic mass is 9.82. The maximum atomic E-state index is 11.0. The number of aliphatic hydroxyl groups excluding tert-OH is 1. The Morgan fingerprint density at radius 3 is 3.00 bits per heavy atom. The first-order valence-corrected chi connectivity index (χ1v) is 8.04. The predicted octanol–water partition coefficient (Wildman–Crippen LogP) is 2.27. The van der Waals surface area contributed by atoms with Crippen molar-refractivity contribution in [1.82, 2.24) is 19.3 Å². The summed E-state index contributed by atoms with van der Waals surface area (Å²) < 4.78 is 3.91. The quantitative estimate of drug-likeness (QED) is 0.746. The Labute approximate surface area is 138 Å². The second-order valence-electron chi connectivity index (χ2n) is 6.39. The third-order valence-electron chi connectivity index (χ3n) is 5.29. The average molecular weight is 317 g/mol. The van der Waals surface area contributed by atoms with Crippen molar-refractivity contribution in [3.8, 4) is 17.3 Å². The molecule has 4 heterocycles. The molecule has 5 rings (SSSR count). The zero-order valence-corrected chi connectivity index (χ0v) is 12.9. The molecule has 3 atom stereocenters. The molecule has 0 bridgehead atoms. The molecule has 0 saturated carbocycles. The minimum atomic E-state index is -0.720. The molecule has 0 radical (unpaired) electrons. The molecular formula is C18H15N5O. The van der Waals surface area contributed by atoms with Crippen LogP contribution in [0.15, 0.2) is 43.0 Å². The summed E-state index contributed by atoms with van der Waals surface area (Å²) in [6.07, 6.45) is 5.34. The standard InChI is InChI=1S/C18H15N5O/c19-7-11-8-21-23-6-5-14(18(24)16(11)23)17-13-4-2-1-3-12(13)15-9-20-10-22(15)17/h1-4,8-10,14,17-18,24H,5-6H2/t14-,17+,18-/m1/s1. The molecule has 3 aromatic rings. The first-order valence-electron chi connectivity index (χ1n) is 8.04. The van der Waals surface area contributed by atoms with Gasteiger partial charge in [-0.05, 0) is 12.0 Å². The summed E-state index contributed by atoms with van der Waals surface area (Å²) in [5.41, 5.74) is 4.57. The largest absolute Gasteiger partial charge is 0.386 e. The van der Waals surface area contributed by atoms with Crippen molar-refractivity contribution in [2.45, 2.75) is 25.1 Å². The molecule has 0 spiro atoms. The van der Waals surface area contributed by atoms with Crippen molar-refractivity contribution in [3.05, 3.63) is 59.8 Å². The number of fused-ring (bicyclic) bond motifs is 4. The molecule has 24 heavy (non-hydrogen) atoms. The van der Waals surface area contributed by atoms with Crippen LogP contribution in [-0.2, 0) is 6.54 Å². The minimum absolute atomic E-state index is 0.0158. The molecule has 1 N–H and O–H groups in total. The first-order chi connectivity index (χ1) is 11.8. The molecule has 2 aliphatic heterocycles. The summed E-state index contributed by atoms with van der Waals surface area (Å²) in [7, 11) is 0. The van der Waals surface area contributed by atoms with Crippen molar-refractivity contribution >= 4 is 0 Å². The molecule has 0 unspecified atom stereocenters. The Kier molecular flexibility index (Phi) is 2.70. The van der Waals surface area contributed by atoms with Crippen LogP contribution < -0.4 is 0 Å². The van der Waals surface area contributed by atoms with Gasteiger partial charge >= 0.3 is 0 Å². The normalized spacial score (nSPS) is 24.1. The van der Waals surface area contributed by atoms with Crippen LogP contribution in [0.5, 0.6) is 0 Å². The maximum Gasteiger partial charge on any atom is 0.103 e. The van der Waals surface area contributed by atoms with E-state index in [4.69, 9.17) is 0 Å². The van der Waals surface area contributed by atoms with Crippen molar-refractivity contribution in [2.75, 3.05) is 0 Å². The number of aliphatic hydroxyl groups is 1. The van der Waals surface area contributed by atoms with Gasteiger partial charge in [-0.15, -0.1) is 0 Å². The smallest absolute Gasteiger partial charge is 0.103 e. The molecule has 2 aromatic heterocycles. The van der Waals surface area contributed by atoms with Gasteiger partial charge in [-0.1, -0.05) is 24.3 Å². The zero-order valence-electron chi connectivity index (χ0n) is 12.9. The van der Waals surface area contributed by atoms with Gasteiger partial charge in [0.25, 0.3) is 0 Å². The van der Waals surface area contributed by atoms with E-state index < -0.39 is 6.10 Å². The second kappa shape index (κ2) is 4.79. The third-order valence-corrected chi connectivity index (χ3v) is 5.29. The number of nitriles is 1. The van der Waals surface area contributed by atoms with Gasteiger partial charge in [0.2, 0.25) is 0 Å². The molecule has 6 heteroatoms. The lowest BCUT2D eigenvalue weighted by molar-refractivity contribution is 0.0523. The number of aryl methyl sites for hydroxylation is 1. The van der Waals surface area contributed by atoms with E-state index in [-0.39, 0.29) is 12.0 Å². The van der Waals surface area contributed by atoms with E-state index in [1.807, 2.05) is 24.7 Å². The van der Waals surface area contributed by atoms with Gasteiger partial charge in [-0.3, -0.25) is 4.68 Å². The second-order valence-corrected chi connectivity index (χ2v) is 6.39. The van der Waals surface area contributed by atoms with E-state index in [1.165, 1.54) is 11.1 Å². The summed E-state index contributed by atoms with van der Waals surface area (Å²) in [4.78, 5) is 4.29. The van der Waals surface area contributed by atoms with Crippen LogP contribution in [0.25, 0.3) is 11.3 Å². The van der Waals surface area contributed by atoms with E-state index in [0.29, 0.717) is 17.8 Å². The minimum Gasteiger partial charge on any atom is -0.386 e. The molecule has 118 valence electrons. The van der Waals surface area contributed by atoms with Crippen molar-refractivity contribution in [1.29, 1.82) is 5.26 Å². The summed E-state index contributed by atoms with van der Waals surface area (Å²) in [6.45, 7) is 0.710. The van der Waals surface area contributed by atoms with Crippen LogP contribution >= 0.6 is 0 Å². The Balaban J connectivity index is 1.64. The highest BCUT2D eigenvalue weighted by Gasteiger charge is 2.41. The topological polar surface area (TPSA) is 79.7 Å². The average Bonchev–Trinajstić information content (AvgIpc) is 3.29. The number of aromatic nitrogens is 4. The van der Waals surface area contributed by atoms with Crippen LogP contribution in [0.2, 0.25) is 0 Å². The van der Waals surface area contributed by atoms with Gasteiger partial charge in [0, 0.05) is 18.0 Å². The van der Waals surface area contributed by atoms with Gasteiger partial charge in [-0.2, -0.15) is 10.4 Å². The maximum absolute atomic E-state index is 11.0. The number of benzene rings is 1. The summed E-state index contributed by atoms with van der Waals surface area (Å²) >= 11 is 0. The molecular weight excluding hydrogens is 302 g/mol. The van der Waals surface area contributed by atoms with Crippen molar-refractivity contribution < 1.29 is 5.11 Å². The fourth-order valence-corrected chi connectivity index (χ4v) is 4.24. The Bertz CT molecular complexity index is 979. The van der Waals surface area contributed by atoms with Crippen LogP contribution in [0.1, 0.15) is 35.4 Å². The van der Waals surface area contributed by atoms with Gasteiger partial charge in [0.1, 0.15) is 12.2 Å². The number of hydrogen-bond acceptors (Lipinski definition) is 4. The van der Waals surface area contributed by atoms with Crippen molar-refractivity contribution in [3.63, 3.8) is 0 Å². The monoisotopic (exact) mass is 317 g/mol. The van der Waals surface area contributed by atoms with E-state index in [1.54, 1.807) is 10.9 Å². The molecule has 2 aliphatic rings. The molecule has 6 nitrogen and oxygen atoms in total. The molecule has 1 aromatic carbocycles. The Morgan fingerprint density at radius 1 is 1.25 bits per heavy atom. The first kappa shape index (κ1) is 13.5. The fourth-order valence-electron chi connectivity index (χ4n) is 4.24. The van der Waals surface area contributed by atoms with E-state index in [9.17, 15) is 10.4 Å². The van der Waals surface area contributed by atoms with Gasteiger partial charge in [-0.25, -0.2) is 4.98 Å². The molecule has 0 amide bonds. The highest BCUT2D eigenvalue weighted by Crippen LogP contribution is 2.49. The van der Waals surface area contributed by atoms with E-state index in [2.05, 4.69) is 32.9 Å². The van der Waals surface area contributed by atoms with Crippen LogP contribution in [-0.4, -0.2) is 24.4 Å². The number of imidazole rings is 1. The number of nitrogens with zero attached hydrogens (tertiary/aromatic N) is 5. The van der Waals surface area contributed by atoms with Gasteiger partial charge in [0.15, 0.2) is 0 Å². The van der Waals surface area contributed by atoms with E-state index >= 15 is 0 Å². The summed E-state index contributed by atoms with van der Waals surface area (Å²) in [5.74, 6) is -0.0158. The van der Waals surface area contributed by atoms with Crippen LogP contribution in [0.3, 0.4) is 0 Å². The van der Waals surface area contributed by atoms with Crippen LogP contribution in [0.4, 0.5) is 0 Å². The molecule has 0 fully saturated rings. The third kappa shape index (κ3) is 1.62. The molecule has 0 aliphatic carbocycles. The van der Waals surface area contributed by atoms with E-state index in [0.717, 1.165) is 12.1 Å². The Hall–Kier alpha value is -2.91. The van der Waals surface area contributed by atoms with Gasteiger partial charge < -0.3 is 9.67 Å². The Morgan fingerprint density at radius 2 is 2.12 bits per heavy atom. The fraction of sp³-hybridized carbons (Fsp3) is 0.278. The highest BCUT2D eigenvalue weighted by atomic mass is 16.3. The van der Waals surface area contributed by atoms with Crippen LogP contribution in [0, 0.1) is 17.2 Å². The molecule has 0 saturated heterocycles. The zero-order chi connectivity index (χ0) is 16.3. The summed E-state index contributed by atoms with van der Waals surface area (Å²) in [6, 6.07) is 10.5. The number of rotatable bonds is 1. The van der Waals surface area contributed by atoms with Gasteiger partial charge in [0.05, 0.1) is 41.7 Å². The SMILES string of the molecule is N#Cc1cnn2c1[C@H](O)[C@@H]([C@@H]1c3ccccc3-c3cncn31)CC2. The lowest BCUT2D eigenvalue weighted by Crippen LogP contribution is -2.31. The summed E-state index contributed by atoms with van der Waals surface area (Å²) in [5, 5.41) is 24.6. The van der Waals surface area contributed by atoms with Crippen molar-refractivity contribution in [2.24, 2.45) is 5.92 Å².